The summed E-state index contributed by atoms with van der Waals surface area (Å²) < 4.78 is 36.7. The van der Waals surface area contributed by atoms with E-state index < -0.39 is 22.8 Å². The van der Waals surface area contributed by atoms with Gasteiger partial charge < -0.3 is 32.0 Å². The summed E-state index contributed by atoms with van der Waals surface area (Å²) >= 11 is 0. The van der Waals surface area contributed by atoms with E-state index in [1.807, 2.05) is 26.0 Å². The van der Waals surface area contributed by atoms with Crippen LogP contribution >= 0.6 is 0 Å². The predicted octanol–water partition coefficient (Wildman–Crippen LogP) is 0.753. The van der Waals surface area contributed by atoms with Crippen molar-refractivity contribution in [3.8, 4) is 58.3 Å². The smallest absolute Gasteiger partial charge is 1.00 e. The van der Waals surface area contributed by atoms with Gasteiger partial charge in [-0.15, -0.1) is 0 Å². The van der Waals surface area contributed by atoms with Crippen LogP contribution < -0.4 is 123 Å². The van der Waals surface area contributed by atoms with E-state index in [2.05, 4.69) is 64.7 Å². The molecule has 2 saturated carbocycles. The second-order valence-electron chi connectivity index (χ2n) is 14.8. The zero-order valence-corrected chi connectivity index (χ0v) is 43.6. The molecule has 0 radical (unpaired) electrons. The molecule has 4 heterocycles. The molecule has 0 bridgehead atoms. The van der Waals surface area contributed by atoms with Crippen LogP contribution in [0.15, 0.2) is 73.6 Å². The number of nitriles is 4. The third-order valence-corrected chi connectivity index (χ3v) is 10.0. The molecule has 6 aromatic rings. The molecule has 2 aliphatic carbocycles. The Morgan fingerprint density at radius 2 is 1.25 bits per heavy atom. The van der Waals surface area contributed by atoms with Crippen LogP contribution in [-0.4, -0.2) is 57.7 Å². The van der Waals surface area contributed by atoms with Gasteiger partial charge in [-0.25, -0.2) is 28.7 Å². The van der Waals surface area contributed by atoms with Crippen molar-refractivity contribution in [2.45, 2.75) is 66.0 Å². The van der Waals surface area contributed by atoms with Crippen LogP contribution in [0.4, 0.5) is 32.1 Å². The summed E-state index contributed by atoms with van der Waals surface area (Å²) in [5.41, 5.74) is 4.77. The molecule has 0 amide bonds. The van der Waals surface area contributed by atoms with E-state index in [0.29, 0.717) is 45.8 Å². The third-order valence-electron chi connectivity index (χ3n) is 10.0. The summed E-state index contributed by atoms with van der Waals surface area (Å²) in [7, 11) is 0. The SMILES string of the molecule is CCC1(C#N)CC1.Cc1cnc(Nc2cnn(CC#N)c2)nc1-c1ccc(O)c(F)c1.Cc1cnc(Nc2cnn(CC#N)c2)nc1-c1ccc(OCC2(C#N)CC2)c(F)c1.O=CO[O-].[H-].[K+].[K+]. The fourth-order valence-corrected chi connectivity index (χ4v) is 5.79. The van der Waals surface area contributed by atoms with E-state index in [9.17, 15) is 13.9 Å². The van der Waals surface area contributed by atoms with Crippen LogP contribution in [0.2, 0.25) is 0 Å². The number of phenols is 1. The number of benzene rings is 2. The zero-order chi connectivity index (χ0) is 47.0. The molecular formula is C44H42F2K2N14O5. The molecule has 3 N–H and O–H groups in total. The van der Waals surface area contributed by atoms with Crippen molar-refractivity contribution in [2.75, 3.05) is 17.2 Å². The molecule has 0 atom stereocenters. The van der Waals surface area contributed by atoms with Gasteiger partial charge in [0.2, 0.25) is 11.9 Å². The first kappa shape index (κ1) is 56.1. The van der Waals surface area contributed by atoms with Crippen molar-refractivity contribution in [3.05, 3.63) is 96.3 Å². The second-order valence-corrected chi connectivity index (χ2v) is 14.8. The first-order chi connectivity index (χ1) is 31.3. The first-order valence-corrected chi connectivity index (χ1v) is 19.8. The number of hydrogen-bond acceptors (Lipinski definition) is 17. The summed E-state index contributed by atoms with van der Waals surface area (Å²) in [4.78, 5) is 28.6. The Balaban J connectivity index is 0.000000373. The summed E-state index contributed by atoms with van der Waals surface area (Å²) in [5.74, 6) is -0.855. The van der Waals surface area contributed by atoms with Gasteiger partial charge in [-0.2, -0.15) is 31.2 Å². The number of carbonyl (C=O) groups excluding carboxylic acids is 1. The minimum absolute atomic E-state index is 0. The number of ether oxygens (including phenoxy) is 1. The third kappa shape index (κ3) is 16.5. The van der Waals surface area contributed by atoms with E-state index in [1.165, 1.54) is 27.6 Å². The normalized spacial score (nSPS) is 12.7. The van der Waals surface area contributed by atoms with Crippen molar-refractivity contribution < 1.29 is 138 Å². The maximum Gasteiger partial charge on any atom is 1.00 e. The Bertz CT molecular complexity index is 2800. The standard InChI is InChI=1S/C21H18FN7O.C16H13FN6O.C6H9N.CH2O3.2K.H/c1-14-9-25-20(27-16-10-26-29(11-16)7-6-23)28-19(14)15-2-3-18(17(22)8-15)30-13-21(12-24)4-5-21;1-10-7-19-16(21-12-8-20-23(9-12)5-4-18)22-15(10)11-2-3-14(24)13(17)6-11;1-2-6(5-7)3-4-6;2-1-4-3;;;/h2-3,8-11H,4-5,7,13H2,1H3,(H,25,27,28);2-3,6-9,24H,5H2,1H3,(H,19,21,22);2-4H2,1H3;1,3H;;;/q;;;;2*+1;-1/p-1. The Morgan fingerprint density at radius 3 is 1.63 bits per heavy atom. The molecule has 67 heavy (non-hydrogen) atoms. The van der Waals surface area contributed by atoms with Gasteiger partial charge in [0.15, 0.2) is 23.1 Å². The average Bonchev–Trinajstić information content (AvgIpc) is 4.20. The fraction of sp³-hybridized carbons (Fsp3) is 0.295. The minimum Gasteiger partial charge on any atom is -1.00 e. The van der Waals surface area contributed by atoms with Gasteiger partial charge in [0.05, 0.1) is 70.3 Å². The molecule has 0 aliphatic heterocycles. The largest absolute Gasteiger partial charge is 1.00 e. The average molecular weight is 963 g/mol. The van der Waals surface area contributed by atoms with Gasteiger partial charge in [0, 0.05) is 35.9 Å². The Hall–Kier alpha value is -5.26. The molecule has 0 spiro atoms. The van der Waals surface area contributed by atoms with E-state index in [4.69, 9.17) is 35.8 Å². The van der Waals surface area contributed by atoms with Crippen LogP contribution in [0, 0.1) is 81.6 Å². The van der Waals surface area contributed by atoms with Crippen LogP contribution in [0.25, 0.3) is 22.5 Å². The van der Waals surface area contributed by atoms with Gasteiger partial charge >= 0.3 is 103 Å². The molecule has 0 saturated heterocycles. The molecular weight excluding hydrogens is 921 g/mol. The van der Waals surface area contributed by atoms with Gasteiger partial charge in [0.1, 0.15) is 19.7 Å². The summed E-state index contributed by atoms with van der Waals surface area (Å²) in [6.07, 6.45) is 14.6. The van der Waals surface area contributed by atoms with Crippen LogP contribution in [-0.2, 0) is 22.8 Å². The van der Waals surface area contributed by atoms with Crippen molar-refractivity contribution in [2.24, 2.45) is 10.8 Å². The first-order valence-electron chi connectivity index (χ1n) is 19.8. The molecule has 2 aliphatic rings. The maximum atomic E-state index is 14.6. The molecule has 8 rings (SSSR count). The van der Waals surface area contributed by atoms with Gasteiger partial charge in [0.25, 0.3) is 6.47 Å². The van der Waals surface area contributed by atoms with E-state index in [-0.39, 0.29) is 142 Å². The monoisotopic (exact) mass is 962 g/mol. The zero-order valence-electron chi connectivity index (χ0n) is 38.4. The number of anilines is 4. The second kappa shape index (κ2) is 26.9. The summed E-state index contributed by atoms with van der Waals surface area (Å²) in [5, 5.41) is 66.7. The van der Waals surface area contributed by atoms with Crippen molar-refractivity contribution in [1.29, 1.82) is 21.0 Å². The quantitative estimate of drug-likeness (QED) is 0.0623. The number of phenolic OH excluding ortho intramolecular Hbond substituents is 1. The number of nitrogens with one attached hydrogen (secondary N) is 2. The van der Waals surface area contributed by atoms with Gasteiger partial charge in [-0.1, -0.05) is 6.92 Å². The van der Waals surface area contributed by atoms with Crippen LogP contribution in [0.5, 0.6) is 11.5 Å². The number of halogens is 2. The van der Waals surface area contributed by atoms with E-state index in [0.717, 1.165) is 43.2 Å². The van der Waals surface area contributed by atoms with Crippen molar-refractivity contribution in [1.82, 2.24) is 39.5 Å². The summed E-state index contributed by atoms with van der Waals surface area (Å²) in [6.45, 7) is 6.04. The van der Waals surface area contributed by atoms with Gasteiger partial charge in [-0.3, -0.25) is 14.2 Å². The van der Waals surface area contributed by atoms with E-state index >= 15 is 0 Å². The molecule has 0 unspecified atom stereocenters. The molecule has 2 aromatic carbocycles. The topological polar surface area (TPSA) is 285 Å². The maximum absolute atomic E-state index is 14.6. The molecule has 23 heteroatoms. The van der Waals surface area contributed by atoms with Crippen LogP contribution in [0.3, 0.4) is 0 Å². The number of nitrogens with zero attached hydrogens (tertiary/aromatic N) is 12. The fourth-order valence-electron chi connectivity index (χ4n) is 5.79. The summed E-state index contributed by atoms with van der Waals surface area (Å²) in [6, 6.07) is 17.3. The Labute approximate surface area is 471 Å². The predicted molar refractivity (Wildman–Crippen MR) is 227 cm³/mol. The van der Waals surface area contributed by atoms with E-state index in [1.54, 1.807) is 55.4 Å². The number of carbonyl (C=O) groups is 1. The molecule has 334 valence electrons. The Morgan fingerprint density at radius 1 is 0.791 bits per heavy atom. The van der Waals surface area contributed by atoms with Crippen LogP contribution in [0.1, 0.15) is 51.6 Å². The number of aryl methyl sites for hydroxylation is 2. The molecule has 4 aromatic heterocycles. The number of aromatic nitrogens is 8. The molecule has 2 fully saturated rings. The number of aromatic hydroxyl groups is 1. The van der Waals surface area contributed by atoms with Gasteiger partial charge in [-0.05, 0) is 93.5 Å². The van der Waals surface area contributed by atoms with Crippen molar-refractivity contribution >= 4 is 29.7 Å². The van der Waals surface area contributed by atoms with Crippen molar-refractivity contribution in [3.63, 3.8) is 0 Å². The Kier molecular flexibility index (Phi) is 22.5. The minimum atomic E-state index is -0.710. The number of hydrogen-bond donors (Lipinski definition) is 3. The number of rotatable bonds is 13. The molecule has 19 nitrogen and oxygen atoms in total.